The van der Waals surface area contributed by atoms with Gasteiger partial charge >= 0.3 is 0 Å². The molecule has 6 aliphatic rings. The number of carbonyl (C=O) groups is 3. The minimum atomic E-state index is -0.590. The average molecular weight is 612 g/mol. The average Bonchev–Trinajstić information content (AvgIpc) is 3.30. The van der Waals surface area contributed by atoms with Gasteiger partial charge in [-0.3, -0.25) is 19.3 Å². The minimum absolute atomic E-state index is 0. The van der Waals surface area contributed by atoms with Crippen LogP contribution in [0.3, 0.4) is 0 Å². The van der Waals surface area contributed by atoms with Crippen molar-refractivity contribution in [2.75, 3.05) is 12.3 Å². The van der Waals surface area contributed by atoms with Gasteiger partial charge in [0.2, 0.25) is 5.91 Å². The molecule has 7 nitrogen and oxygen atoms in total. The van der Waals surface area contributed by atoms with Crippen LogP contribution < -0.4 is 10.6 Å². The third kappa shape index (κ3) is 5.35. The number of β-lactam (4-membered cyclic amide) rings is 1. The van der Waals surface area contributed by atoms with Crippen molar-refractivity contribution >= 4 is 29.5 Å². The van der Waals surface area contributed by atoms with Gasteiger partial charge in [-0.15, -0.1) is 18.2 Å². The molecule has 0 aromatic rings. The Morgan fingerprint density at radius 1 is 1.12 bits per heavy atom. The van der Waals surface area contributed by atoms with Crippen LogP contribution in [0.5, 0.6) is 0 Å². The Morgan fingerprint density at radius 2 is 1.88 bits per heavy atom. The summed E-state index contributed by atoms with van der Waals surface area (Å²) in [5, 5.41) is 16.8. The van der Waals surface area contributed by atoms with Crippen molar-refractivity contribution in [1.82, 2.24) is 15.5 Å². The zero-order valence-electron chi connectivity index (χ0n) is 25.6. The largest absolute Gasteiger partial charge is 0.393 e. The summed E-state index contributed by atoms with van der Waals surface area (Å²) in [4.78, 5) is 40.2. The highest BCUT2D eigenvalue weighted by Gasteiger charge is 2.62. The molecule has 238 valence electrons. The molecule has 10 unspecified atom stereocenters. The molecule has 4 aliphatic carbocycles. The van der Waals surface area contributed by atoms with Crippen molar-refractivity contribution in [3.8, 4) is 12.3 Å². The van der Waals surface area contributed by atoms with Crippen molar-refractivity contribution in [1.29, 1.82) is 0 Å². The van der Waals surface area contributed by atoms with E-state index in [0.717, 1.165) is 24.8 Å². The molecule has 10 atom stereocenters. The number of rotatable bonds is 7. The Kier molecular flexibility index (Phi) is 9.37. The maximum Gasteiger partial charge on any atom is 0.268 e. The molecule has 8 heteroatoms. The summed E-state index contributed by atoms with van der Waals surface area (Å²) in [5.41, 5.74) is 1.88. The van der Waals surface area contributed by atoms with Crippen LogP contribution in [-0.2, 0) is 14.4 Å². The van der Waals surface area contributed by atoms with E-state index in [9.17, 15) is 19.5 Å². The molecule has 0 aromatic heterocycles. The van der Waals surface area contributed by atoms with Gasteiger partial charge in [-0.05, 0) is 111 Å². The van der Waals surface area contributed by atoms with Crippen LogP contribution in [0.1, 0.15) is 105 Å². The zero-order chi connectivity index (χ0) is 29.8. The summed E-state index contributed by atoms with van der Waals surface area (Å²) in [6.45, 7) is 7.01. The standard InChI is InChI=1S/C34H49N3O4S.CH4/c1-5-17-35-30(40)29-20(2)19-42-32-28(31(41)37(29)32)36-26(39)11-8-10-21-12-13-23-27-24(14-16-34(21,23)4)33(3)15-7-6-9-22(33)18-25(27)38;/h1,21-25,27-28,32,38H,6-19H2,2-4H3,(H,35,40)(H,36,39);1H4. The van der Waals surface area contributed by atoms with E-state index in [1.54, 1.807) is 11.8 Å². The summed E-state index contributed by atoms with van der Waals surface area (Å²) in [5.74, 6) is 5.36. The quantitative estimate of drug-likeness (QED) is 0.270. The normalized spacial score (nSPS) is 41.4. The lowest BCUT2D eigenvalue weighted by molar-refractivity contribution is -0.162. The first-order chi connectivity index (χ1) is 20.1. The molecule has 3 amide bonds. The van der Waals surface area contributed by atoms with Gasteiger partial charge in [0.1, 0.15) is 17.1 Å². The summed E-state index contributed by atoms with van der Waals surface area (Å²) >= 11 is 1.58. The maximum atomic E-state index is 13.0. The van der Waals surface area contributed by atoms with Crippen LogP contribution in [0.25, 0.3) is 0 Å². The molecule has 0 spiro atoms. The number of hydrogen-bond donors (Lipinski definition) is 3. The minimum Gasteiger partial charge on any atom is -0.393 e. The van der Waals surface area contributed by atoms with Crippen LogP contribution in [0, 0.1) is 52.8 Å². The van der Waals surface area contributed by atoms with Gasteiger partial charge < -0.3 is 15.7 Å². The number of amides is 3. The van der Waals surface area contributed by atoms with Crippen molar-refractivity contribution < 1.29 is 19.5 Å². The third-order valence-corrected chi connectivity index (χ3v) is 14.2. The Bertz CT molecular complexity index is 1200. The van der Waals surface area contributed by atoms with Crippen LogP contribution in [0.2, 0.25) is 0 Å². The molecule has 0 bridgehead atoms. The van der Waals surface area contributed by atoms with E-state index in [4.69, 9.17) is 6.42 Å². The molecular weight excluding hydrogens is 558 g/mol. The molecule has 0 radical (unpaired) electrons. The number of aliphatic hydroxyl groups excluding tert-OH is 1. The van der Waals surface area contributed by atoms with Crippen molar-refractivity contribution in [2.45, 2.75) is 123 Å². The molecular formula is C35H53N3O4S. The van der Waals surface area contributed by atoms with Gasteiger partial charge in [0.15, 0.2) is 0 Å². The number of nitrogens with one attached hydrogen (secondary N) is 2. The van der Waals surface area contributed by atoms with E-state index in [1.807, 2.05) is 6.92 Å². The fourth-order valence-corrected chi connectivity index (χ4v) is 11.9. The predicted molar refractivity (Wildman–Crippen MR) is 171 cm³/mol. The van der Waals surface area contributed by atoms with Crippen LogP contribution >= 0.6 is 11.8 Å². The van der Waals surface area contributed by atoms with Gasteiger partial charge in [-0.1, -0.05) is 40.0 Å². The molecule has 1 saturated heterocycles. The molecule has 6 rings (SSSR count). The fourth-order valence-electron chi connectivity index (χ4n) is 10.6. The van der Waals surface area contributed by atoms with Gasteiger partial charge in [-0.25, -0.2) is 0 Å². The van der Waals surface area contributed by atoms with Gasteiger partial charge in [0, 0.05) is 12.2 Å². The monoisotopic (exact) mass is 611 g/mol. The van der Waals surface area contributed by atoms with E-state index in [-0.39, 0.29) is 48.6 Å². The second kappa shape index (κ2) is 12.4. The number of carbonyl (C=O) groups excluding carboxylic acids is 3. The second-order valence-electron chi connectivity index (χ2n) is 14.7. The first-order valence-corrected chi connectivity index (χ1v) is 17.5. The first-order valence-electron chi connectivity index (χ1n) is 16.4. The zero-order valence-corrected chi connectivity index (χ0v) is 26.4. The van der Waals surface area contributed by atoms with Crippen molar-refractivity contribution in [3.05, 3.63) is 11.3 Å². The highest BCUT2D eigenvalue weighted by molar-refractivity contribution is 8.00. The summed E-state index contributed by atoms with van der Waals surface area (Å²) in [6, 6.07) is -0.590. The fraction of sp³-hybridized carbons (Fsp3) is 0.800. The van der Waals surface area contributed by atoms with E-state index in [2.05, 4.69) is 30.4 Å². The second-order valence-corrected chi connectivity index (χ2v) is 15.8. The smallest absolute Gasteiger partial charge is 0.268 e. The Balaban J connectivity index is 0.00000368. The molecule has 5 fully saturated rings. The molecule has 2 heterocycles. The van der Waals surface area contributed by atoms with E-state index < -0.39 is 6.04 Å². The Labute approximate surface area is 263 Å². The molecule has 2 aliphatic heterocycles. The lowest BCUT2D eigenvalue weighted by Crippen LogP contribution is -2.70. The summed E-state index contributed by atoms with van der Waals surface area (Å²) < 4.78 is 0. The molecule has 43 heavy (non-hydrogen) atoms. The Hall–Kier alpha value is -1.98. The lowest BCUT2D eigenvalue weighted by atomic mass is 9.44. The third-order valence-electron chi connectivity index (χ3n) is 12.8. The van der Waals surface area contributed by atoms with Crippen LogP contribution in [-0.4, -0.2) is 57.5 Å². The van der Waals surface area contributed by atoms with Crippen LogP contribution in [0.4, 0.5) is 0 Å². The van der Waals surface area contributed by atoms with E-state index >= 15 is 0 Å². The van der Waals surface area contributed by atoms with Gasteiger partial charge in [-0.2, -0.15) is 0 Å². The first kappa shape index (κ1) is 32.4. The lowest BCUT2D eigenvalue weighted by Gasteiger charge is -2.62. The summed E-state index contributed by atoms with van der Waals surface area (Å²) in [6.07, 6.45) is 18.6. The number of terminal acetylenes is 1. The van der Waals surface area contributed by atoms with E-state index in [1.165, 1.54) is 56.3 Å². The molecule has 0 aromatic carbocycles. The number of thioether (sulfide) groups is 1. The topological polar surface area (TPSA) is 98.7 Å². The van der Waals surface area contributed by atoms with Crippen LogP contribution in [0.15, 0.2) is 11.3 Å². The SMILES string of the molecule is C.C#CCNC(=O)C1=C(C)CSC2C(NC(=O)CCCC3CCC4C5C(O)CC6CCCCC6(C)C5CCC34C)C(=O)N12. The van der Waals surface area contributed by atoms with Gasteiger partial charge in [0.25, 0.3) is 11.8 Å². The predicted octanol–water partition coefficient (Wildman–Crippen LogP) is 5.24. The van der Waals surface area contributed by atoms with Gasteiger partial charge in [0.05, 0.1) is 12.6 Å². The van der Waals surface area contributed by atoms with Crippen molar-refractivity contribution in [2.24, 2.45) is 40.4 Å². The Morgan fingerprint density at radius 3 is 2.65 bits per heavy atom. The highest BCUT2D eigenvalue weighted by atomic mass is 32.2. The summed E-state index contributed by atoms with van der Waals surface area (Å²) in [7, 11) is 0. The molecule has 3 N–H and O–H groups in total. The number of nitrogens with zero attached hydrogens (tertiary/aromatic N) is 1. The highest BCUT2D eigenvalue weighted by Crippen LogP contribution is 2.67. The maximum absolute atomic E-state index is 13.0. The number of aliphatic hydroxyl groups is 1. The number of hydrogen-bond acceptors (Lipinski definition) is 5. The molecule has 4 saturated carbocycles. The van der Waals surface area contributed by atoms with E-state index in [0.29, 0.717) is 52.9 Å². The number of fused-ring (bicyclic) bond motifs is 6. The van der Waals surface area contributed by atoms with Crippen molar-refractivity contribution in [3.63, 3.8) is 0 Å².